The molecule has 0 bridgehead atoms. The van der Waals surface area contributed by atoms with Crippen LogP contribution in [0.3, 0.4) is 0 Å². The van der Waals surface area contributed by atoms with Gasteiger partial charge in [-0.2, -0.15) is 0 Å². The zero-order valence-corrected chi connectivity index (χ0v) is 9.03. The van der Waals surface area contributed by atoms with E-state index in [-0.39, 0.29) is 0 Å². The van der Waals surface area contributed by atoms with Gasteiger partial charge in [0.25, 0.3) is 0 Å². The Morgan fingerprint density at radius 1 is 1.17 bits per heavy atom. The zero-order chi connectivity index (χ0) is 9.03. The molecule has 1 fully saturated rings. The summed E-state index contributed by atoms with van der Waals surface area (Å²) >= 11 is 0. The van der Waals surface area contributed by atoms with Crippen molar-refractivity contribution in [3.63, 3.8) is 0 Å². The van der Waals surface area contributed by atoms with Gasteiger partial charge in [0, 0.05) is 0 Å². The molecule has 1 rings (SSSR count). The highest BCUT2D eigenvalue weighted by atomic mass is 14.5. The smallest absolute Gasteiger partial charge is 0.0297 e. The topological polar surface area (TPSA) is 0 Å². The Morgan fingerprint density at radius 2 is 1.75 bits per heavy atom. The highest BCUT2D eigenvalue weighted by Crippen LogP contribution is 2.55. The lowest BCUT2D eigenvalue weighted by Gasteiger charge is -2.08. The summed E-state index contributed by atoms with van der Waals surface area (Å²) in [6.07, 6.45) is 10.2. The third-order valence-electron chi connectivity index (χ3n) is 3.65. The summed E-state index contributed by atoms with van der Waals surface area (Å²) in [5.41, 5.74) is 0.756. The highest BCUT2D eigenvalue weighted by molar-refractivity contribution is 4.95. The van der Waals surface area contributed by atoms with E-state index in [1.165, 1.54) is 44.9 Å². The summed E-state index contributed by atoms with van der Waals surface area (Å²) in [5, 5.41) is 0. The number of unbranched alkanes of at least 4 members (excludes halogenated alkanes) is 4. The molecule has 0 aromatic heterocycles. The molecule has 72 valence electrons. The lowest BCUT2D eigenvalue weighted by molar-refractivity contribution is 0.439. The maximum absolute atomic E-state index is 2.46. The first-order valence-electron chi connectivity index (χ1n) is 5.69. The van der Waals surface area contributed by atoms with Gasteiger partial charge in [-0.05, 0) is 24.2 Å². The maximum atomic E-state index is 2.46. The molecule has 0 aromatic rings. The van der Waals surface area contributed by atoms with E-state index in [0.717, 1.165) is 11.3 Å². The summed E-state index contributed by atoms with van der Waals surface area (Å²) in [6.45, 7) is 7.13. The van der Waals surface area contributed by atoms with Crippen LogP contribution in [0.2, 0.25) is 0 Å². The Balaban J connectivity index is 1.90. The third-order valence-corrected chi connectivity index (χ3v) is 3.65. The SMILES string of the molecule is CCCCCCCC1(C)CC1C. The van der Waals surface area contributed by atoms with Crippen LogP contribution >= 0.6 is 0 Å². The molecule has 0 saturated heterocycles. The number of rotatable bonds is 6. The van der Waals surface area contributed by atoms with Crippen LogP contribution in [0.15, 0.2) is 0 Å². The van der Waals surface area contributed by atoms with E-state index in [9.17, 15) is 0 Å². The van der Waals surface area contributed by atoms with Crippen LogP contribution in [0.1, 0.15) is 65.7 Å². The minimum Gasteiger partial charge on any atom is -0.0654 e. The van der Waals surface area contributed by atoms with Gasteiger partial charge in [0.05, 0.1) is 0 Å². The number of hydrogen-bond acceptors (Lipinski definition) is 0. The van der Waals surface area contributed by atoms with Crippen molar-refractivity contribution in [1.82, 2.24) is 0 Å². The van der Waals surface area contributed by atoms with Gasteiger partial charge in [0.15, 0.2) is 0 Å². The van der Waals surface area contributed by atoms with Crippen molar-refractivity contribution in [3.8, 4) is 0 Å². The molecule has 0 heteroatoms. The van der Waals surface area contributed by atoms with Gasteiger partial charge in [0.1, 0.15) is 0 Å². The van der Waals surface area contributed by atoms with Crippen LogP contribution in [0.25, 0.3) is 0 Å². The summed E-state index contributed by atoms with van der Waals surface area (Å²) in [6, 6.07) is 0. The lowest BCUT2D eigenvalue weighted by Crippen LogP contribution is -1.95. The second kappa shape index (κ2) is 4.30. The van der Waals surface area contributed by atoms with E-state index in [1.54, 1.807) is 0 Å². The molecular formula is C12H24. The van der Waals surface area contributed by atoms with Crippen molar-refractivity contribution in [2.24, 2.45) is 11.3 Å². The largest absolute Gasteiger partial charge is 0.0654 e. The standard InChI is InChI=1S/C12H24/c1-4-5-6-7-8-9-12(3)10-11(12)2/h11H,4-10H2,1-3H3. The molecule has 0 amide bonds. The van der Waals surface area contributed by atoms with E-state index in [1.807, 2.05) is 0 Å². The highest BCUT2D eigenvalue weighted by Gasteiger charge is 2.45. The molecule has 0 radical (unpaired) electrons. The lowest BCUT2D eigenvalue weighted by atomic mass is 9.98. The molecular weight excluding hydrogens is 144 g/mol. The van der Waals surface area contributed by atoms with Crippen molar-refractivity contribution >= 4 is 0 Å². The first-order chi connectivity index (χ1) is 5.69. The Morgan fingerprint density at radius 3 is 2.25 bits per heavy atom. The van der Waals surface area contributed by atoms with Crippen molar-refractivity contribution in [3.05, 3.63) is 0 Å². The number of hydrogen-bond donors (Lipinski definition) is 0. The van der Waals surface area contributed by atoms with Gasteiger partial charge in [-0.3, -0.25) is 0 Å². The Labute approximate surface area is 77.7 Å². The van der Waals surface area contributed by atoms with Crippen molar-refractivity contribution in [2.45, 2.75) is 65.7 Å². The van der Waals surface area contributed by atoms with Crippen LogP contribution in [0, 0.1) is 11.3 Å². The van der Waals surface area contributed by atoms with Crippen LogP contribution in [0.4, 0.5) is 0 Å². The van der Waals surface area contributed by atoms with Gasteiger partial charge < -0.3 is 0 Å². The first-order valence-corrected chi connectivity index (χ1v) is 5.69. The Kier molecular flexibility index (Phi) is 3.61. The maximum Gasteiger partial charge on any atom is -0.0297 e. The third kappa shape index (κ3) is 2.80. The molecule has 1 aliphatic rings. The predicted molar refractivity (Wildman–Crippen MR) is 55.3 cm³/mol. The fraction of sp³-hybridized carbons (Fsp3) is 1.00. The van der Waals surface area contributed by atoms with Crippen LogP contribution < -0.4 is 0 Å². The summed E-state index contributed by atoms with van der Waals surface area (Å²) in [4.78, 5) is 0. The second-order valence-electron chi connectivity index (χ2n) is 4.92. The fourth-order valence-electron chi connectivity index (χ4n) is 2.12. The van der Waals surface area contributed by atoms with Crippen LogP contribution in [0.5, 0.6) is 0 Å². The molecule has 0 nitrogen and oxygen atoms in total. The fourth-order valence-corrected chi connectivity index (χ4v) is 2.12. The molecule has 0 N–H and O–H groups in total. The van der Waals surface area contributed by atoms with Crippen molar-refractivity contribution in [2.75, 3.05) is 0 Å². The van der Waals surface area contributed by atoms with Crippen LogP contribution in [-0.2, 0) is 0 Å². The van der Waals surface area contributed by atoms with Gasteiger partial charge >= 0.3 is 0 Å². The Hall–Kier alpha value is 0. The Bertz CT molecular complexity index is 128. The van der Waals surface area contributed by atoms with Gasteiger partial charge in [-0.15, -0.1) is 0 Å². The van der Waals surface area contributed by atoms with Crippen molar-refractivity contribution in [1.29, 1.82) is 0 Å². The van der Waals surface area contributed by atoms with E-state index < -0.39 is 0 Å². The minimum absolute atomic E-state index is 0.756. The average molecular weight is 168 g/mol. The normalized spacial score (nSPS) is 33.8. The summed E-state index contributed by atoms with van der Waals surface area (Å²) < 4.78 is 0. The van der Waals surface area contributed by atoms with E-state index in [0.29, 0.717) is 0 Å². The second-order valence-corrected chi connectivity index (χ2v) is 4.92. The van der Waals surface area contributed by atoms with Gasteiger partial charge in [-0.1, -0.05) is 52.9 Å². The van der Waals surface area contributed by atoms with E-state index in [2.05, 4.69) is 20.8 Å². The van der Waals surface area contributed by atoms with Crippen LogP contribution in [-0.4, -0.2) is 0 Å². The van der Waals surface area contributed by atoms with Gasteiger partial charge in [0.2, 0.25) is 0 Å². The van der Waals surface area contributed by atoms with Gasteiger partial charge in [-0.25, -0.2) is 0 Å². The molecule has 0 aliphatic heterocycles. The monoisotopic (exact) mass is 168 g/mol. The molecule has 2 unspecified atom stereocenters. The average Bonchev–Trinajstić information content (AvgIpc) is 2.60. The predicted octanol–water partition coefficient (Wildman–Crippen LogP) is 4.39. The molecule has 1 aliphatic carbocycles. The molecule has 1 saturated carbocycles. The summed E-state index contributed by atoms with van der Waals surface area (Å²) in [7, 11) is 0. The molecule has 0 aromatic carbocycles. The molecule has 0 spiro atoms. The van der Waals surface area contributed by atoms with E-state index in [4.69, 9.17) is 0 Å². The molecule has 0 heterocycles. The van der Waals surface area contributed by atoms with E-state index >= 15 is 0 Å². The quantitative estimate of drug-likeness (QED) is 0.516. The first kappa shape index (κ1) is 10.1. The molecule has 2 atom stereocenters. The molecule has 12 heavy (non-hydrogen) atoms. The zero-order valence-electron chi connectivity index (χ0n) is 9.03. The van der Waals surface area contributed by atoms with Crippen molar-refractivity contribution < 1.29 is 0 Å². The summed E-state index contributed by atoms with van der Waals surface area (Å²) in [5.74, 6) is 1.02. The minimum atomic E-state index is 0.756.